The van der Waals surface area contributed by atoms with E-state index in [1.807, 2.05) is 0 Å². The van der Waals surface area contributed by atoms with Gasteiger partial charge in [-0.2, -0.15) is 13.2 Å². The standard InChI is InChI=1S/C17H18F3N3O3/c1-16(2,3)26-15(25)22-8-11(9-22)10-4-5-23-13(6-10)21-12(7-14(23)24)17(18,19)20/h4-7,11H,8-9H2,1-3H3. The van der Waals surface area contributed by atoms with E-state index in [0.29, 0.717) is 19.2 Å². The van der Waals surface area contributed by atoms with E-state index < -0.39 is 29.1 Å². The maximum Gasteiger partial charge on any atom is 0.433 e. The molecule has 1 amide bonds. The predicted octanol–water partition coefficient (Wildman–Crippen LogP) is 3.05. The van der Waals surface area contributed by atoms with Crippen molar-refractivity contribution in [3.05, 3.63) is 46.0 Å². The first-order valence-corrected chi connectivity index (χ1v) is 8.02. The fourth-order valence-corrected chi connectivity index (χ4v) is 2.68. The molecule has 1 fully saturated rings. The molecule has 0 radical (unpaired) electrons. The molecule has 0 aromatic carbocycles. The molecular weight excluding hydrogens is 351 g/mol. The van der Waals surface area contributed by atoms with Crippen LogP contribution in [0.5, 0.6) is 0 Å². The lowest BCUT2D eigenvalue weighted by atomic mass is 9.92. The van der Waals surface area contributed by atoms with Gasteiger partial charge in [0.2, 0.25) is 0 Å². The maximum atomic E-state index is 12.8. The molecule has 3 rings (SSSR count). The smallest absolute Gasteiger partial charge is 0.433 e. The molecule has 6 nitrogen and oxygen atoms in total. The average Bonchev–Trinajstić information content (AvgIpc) is 2.42. The van der Waals surface area contributed by atoms with E-state index in [0.717, 1.165) is 9.96 Å². The van der Waals surface area contributed by atoms with Crippen LogP contribution in [-0.4, -0.2) is 39.1 Å². The minimum Gasteiger partial charge on any atom is -0.444 e. The Kier molecular flexibility index (Phi) is 4.20. The van der Waals surface area contributed by atoms with E-state index in [-0.39, 0.29) is 11.6 Å². The summed E-state index contributed by atoms with van der Waals surface area (Å²) >= 11 is 0. The van der Waals surface area contributed by atoms with E-state index in [2.05, 4.69) is 4.98 Å². The number of hydrogen-bond acceptors (Lipinski definition) is 4. The Morgan fingerprint density at radius 2 is 1.88 bits per heavy atom. The number of fused-ring (bicyclic) bond motifs is 1. The summed E-state index contributed by atoms with van der Waals surface area (Å²) in [5.74, 6) is -0.0426. The molecule has 0 N–H and O–H groups in total. The van der Waals surface area contributed by atoms with Gasteiger partial charge in [-0.3, -0.25) is 9.20 Å². The fraction of sp³-hybridized carbons (Fsp3) is 0.471. The number of carbonyl (C=O) groups is 1. The van der Waals surface area contributed by atoms with Gasteiger partial charge in [0.15, 0.2) is 5.69 Å². The summed E-state index contributed by atoms with van der Waals surface area (Å²) in [5, 5.41) is 0. The van der Waals surface area contributed by atoms with Crippen molar-refractivity contribution in [2.75, 3.05) is 13.1 Å². The molecule has 2 aromatic heterocycles. The first-order valence-electron chi connectivity index (χ1n) is 8.02. The van der Waals surface area contributed by atoms with E-state index >= 15 is 0 Å². The van der Waals surface area contributed by atoms with Gasteiger partial charge in [-0.15, -0.1) is 0 Å². The third-order valence-electron chi connectivity index (χ3n) is 3.99. The molecule has 2 aromatic rings. The number of hydrogen-bond donors (Lipinski definition) is 0. The van der Waals surface area contributed by atoms with Crippen molar-refractivity contribution in [2.45, 2.75) is 38.5 Å². The van der Waals surface area contributed by atoms with Gasteiger partial charge in [-0.1, -0.05) is 0 Å². The highest BCUT2D eigenvalue weighted by molar-refractivity contribution is 5.69. The van der Waals surface area contributed by atoms with Gasteiger partial charge in [-0.25, -0.2) is 9.78 Å². The van der Waals surface area contributed by atoms with E-state index in [9.17, 15) is 22.8 Å². The lowest BCUT2D eigenvalue weighted by Crippen LogP contribution is -2.50. The van der Waals surface area contributed by atoms with E-state index in [4.69, 9.17) is 4.74 Å². The molecule has 0 atom stereocenters. The van der Waals surface area contributed by atoms with Crippen molar-refractivity contribution >= 4 is 11.7 Å². The molecule has 140 valence electrons. The molecule has 1 aliphatic heterocycles. The van der Waals surface area contributed by atoms with Crippen molar-refractivity contribution in [3.8, 4) is 0 Å². The topological polar surface area (TPSA) is 63.9 Å². The molecule has 26 heavy (non-hydrogen) atoms. The van der Waals surface area contributed by atoms with Crippen molar-refractivity contribution in [1.29, 1.82) is 0 Å². The number of likely N-dealkylation sites (tertiary alicyclic amines) is 1. The lowest BCUT2D eigenvalue weighted by molar-refractivity contribution is -0.141. The number of halogens is 3. The quantitative estimate of drug-likeness (QED) is 0.775. The van der Waals surface area contributed by atoms with Crippen molar-refractivity contribution in [3.63, 3.8) is 0 Å². The molecule has 9 heteroatoms. The highest BCUT2D eigenvalue weighted by Gasteiger charge is 2.36. The second-order valence-corrected chi connectivity index (χ2v) is 7.25. The molecule has 0 unspecified atom stereocenters. The normalized spacial score (nSPS) is 15.8. The predicted molar refractivity (Wildman–Crippen MR) is 87.0 cm³/mol. The van der Waals surface area contributed by atoms with Gasteiger partial charge < -0.3 is 9.64 Å². The molecule has 0 saturated carbocycles. The van der Waals surface area contributed by atoms with Crippen LogP contribution in [-0.2, 0) is 10.9 Å². The molecular formula is C17H18F3N3O3. The molecule has 1 aliphatic rings. The van der Waals surface area contributed by atoms with Crippen LogP contribution >= 0.6 is 0 Å². The molecule has 0 spiro atoms. The highest BCUT2D eigenvalue weighted by atomic mass is 19.4. The van der Waals surface area contributed by atoms with Gasteiger partial charge >= 0.3 is 12.3 Å². The van der Waals surface area contributed by atoms with Crippen LogP contribution in [0.2, 0.25) is 0 Å². The number of alkyl halides is 3. The van der Waals surface area contributed by atoms with Crippen molar-refractivity contribution < 1.29 is 22.7 Å². The third-order valence-corrected chi connectivity index (χ3v) is 3.99. The first-order chi connectivity index (χ1) is 11.9. The number of ether oxygens (including phenoxy) is 1. The first kappa shape index (κ1) is 18.2. The Labute approximate surface area is 147 Å². The van der Waals surface area contributed by atoms with Crippen LogP contribution in [0.1, 0.15) is 37.9 Å². The average molecular weight is 369 g/mol. The van der Waals surface area contributed by atoms with Crippen LogP contribution in [0.3, 0.4) is 0 Å². The Hall–Kier alpha value is -2.58. The minimum absolute atomic E-state index is 0.0426. The van der Waals surface area contributed by atoms with Crippen LogP contribution in [0.25, 0.3) is 5.65 Å². The minimum atomic E-state index is -4.69. The summed E-state index contributed by atoms with van der Waals surface area (Å²) in [6.45, 7) is 6.11. The van der Waals surface area contributed by atoms with Gasteiger partial charge in [0.1, 0.15) is 11.2 Å². The maximum absolute atomic E-state index is 12.8. The van der Waals surface area contributed by atoms with Crippen LogP contribution in [0, 0.1) is 0 Å². The second kappa shape index (κ2) is 6.00. The summed E-state index contributed by atoms with van der Waals surface area (Å²) in [5.41, 5.74) is -1.96. The van der Waals surface area contributed by atoms with Crippen LogP contribution < -0.4 is 5.56 Å². The Morgan fingerprint density at radius 3 is 2.46 bits per heavy atom. The van der Waals surface area contributed by atoms with Gasteiger partial charge in [-0.05, 0) is 38.5 Å². The molecule has 3 heterocycles. The van der Waals surface area contributed by atoms with Crippen molar-refractivity contribution in [1.82, 2.24) is 14.3 Å². The lowest BCUT2D eigenvalue weighted by Gasteiger charge is -2.40. The van der Waals surface area contributed by atoms with Crippen molar-refractivity contribution in [2.24, 2.45) is 0 Å². The number of pyridine rings is 1. The zero-order valence-corrected chi connectivity index (χ0v) is 14.5. The summed E-state index contributed by atoms with van der Waals surface area (Å²) in [4.78, 5) is 28.9. The molecule has 0 bridgehead atoms. The monoisotopic (exact) mass is 369 g/mol. The third kappa shape index (κ3) is 3.66. The largest absolute Gasteiger partial charge is 0.444 e. The van der Waals surface area contributed by atoms with E-state index in [1.54, 1.807) is 26.8 Å². The zero-order valence-electron chi connectivity index (χ0n) is 14.5. The van der Waals surface area contributed by atoms with Gasteiger partial charge in [0, 0.05) is 31.3 Å². The number of rotatable bonds is 1. The molecule has 0 aliphatic carbocycles. The zero-order chi connectivity index (χ0) is 19.3. The van der Waals surface area contributed by atoms with Crippen LogP contribution in [0.4, 0.5) is 18.0 Å². The second-order valence-electron chi connectivity index (χ2n) is 7.25. The fourth-order valence-electron chi connectivity index (χ4n) is 2.68. The number of carbonyl (C=O) groups excluding carboxylic acids is 1. The summed E-state index contributed by atoms with van der Waals surface area (Å²) in [7, 11) is 0. The van der Waals surface area contributed by atoms with Gasteiger partial charge in [0.25, 0.3) is 5.56 Å². The molecule has 1 saturated heterocycles. The Morgan fingerprint density at radius 1 is 1.23 bits per heavy atom. The number of aromatic nitrogens is 2. The number of amides is 1. The number of nitrogens with zero attached hydrogens (tertiary/aromatic N) is 3. The summed E-state index contributed by atoms with van der Waals surface area (Å²) in [6.07, 6.45) is -3.72. The highest BCUT2D eigenvalue weighted by Crippen LogP contribution is 2.30. The van der Waals surface area contributed by atoms with E-state index in [1.165, 1.54) is 17.2 Å². The summed E-state index contributed by atoms with van der Waals surface area (Å²) < 4.78 is 44.8. The SMILES string of the molecule is CC(C)(C)OC(=O)N1CC(c2ccn3c(=O)cc(C(F)(F)F)nc3c2)C1. The van der Waals surface area contributed by atoms with Crippen LogP contribution in [0.15, 0.2) is 29.2 Å². The summed E-state index contributed by atoms with van der Waals surface area (Å²) in [6, 6.07) is 3.58. The van der Waals surface area contributed by atoms with Gasteiger partial charge in [0.05, 0.1) is 0 Å². The Balaban J connectivity index is 1.80. The Bertz CT molecular complexity index is 909.